The molecule has 0 spiro atoms. The number of nitrogens with two attached hydrogens (primary N) is 2. The van der Waals surface area contributed by atoms with Gasteiger partial charge in [0, 0.05) is 36.4 Å². The van der Waals surface area contributed by atoms with Gasteiger partial charge in [-0.3, -0.25) is 28.8 Å². The molecule has 0 aliphatic rings. The first-order chi connectivity index (χ1) is 17.5. The Morgan fingerprint density at radius 1 is 0.865 bits per heavy atom. The van der Waals surface area contributed by atoms with Crippen molar-refractivity contribution in [3.05, 3.63) is 36.0 Å². The number of benzene rings is 1. The molecule has 0 bridgehead atoms. The topological polar surface area (TPSA) is 247 Å². The van der Waals surface area contributed by atoms with Crippen LogP contribution < -0.4 is 27.4 Å². The van der Waals surface area contributed by atoms with E-state index in [1.165, 1.54) is 0 Å². The quantitative estimate of drug-likeness (QED) is 0.134. The van der Waals surface area contributed by atoms with Crippen LogP contribution in [0.2, 0.25) is 0 Å². The minimum absolute atomic E-state index is 0.0288. The van der Waals surface area contributed by atoms with E-state index in [4.69, 9.17) is 21.7 Å². The molecule has 2 aromatic rings. The molecule has 0 saturated heterocycles. The number of hydrogen-bond acceptors (Lipinski definition) is 7. The van der Waals surface area contributed by atoms with Gasteiger partial charge in [0.1, 0.15) is 18.6 Å². The highest BCUT2D eigenvalue weighted by Gasteiger charge is 2.29. The Morgan fingerprint density at radius 2 is 1.54 bits per heavy atom. The van der Waals surface area contributed by atoms with E-state index in [0.717, 1.165) is 10.9 Å². The summed E-state index contributed by atoms with van der Waals surface area (Å²) in [7, 11) is 0. The van der Waals surface area contributed by atoms with Crippen LogP contribution in [0, 0.1) is 0 Å². The molecule has 37 heavy (non-hydrogen) atoms. The number of carboxylic acid groups (broad SMARTS) is 2. The van der Waals surface area contributed by atoms with Gasteiger partial charge in [0.05, 0.1) is 6.04 Å². The van der Waals surface area contributed by atoms with Gasteiger partial charge in [0.15, 0.2) is 0 Å². The van der Waals surface area contributed by atoms with Gasteiger partial charge in [-0.15, -0.1) is 0 Å². The number of primary amides is 1. The molecule has 200 valence electrons. The molecule has 3 unspecified atom stereocenters. The number of aromatic amines is 1. The highest BCUT2D eigenvalue weighted by molar-refractivity contribution is 5.94. The lowest BCUT2D eigenvalue weighted by molar-refractivity contribution is -0.138. The number of amides is 4. The maximum atomic E-state index is 13.1. The van der Waals surface area contributed by atoms with Crippen molar-refractivity contribution in [1.29, 1.82) is 0 Å². The molecule has 3 atom stereocenters. The lowest BCUT2D eigenvalue weighted by Gasteiger charge is -2.24. The minimum Gasteiger partial charge on any atom is -0.481 e. The summed E-state index contributed by atoms with van der Waals surface area (Å²) in [4.78, 5) is 74.3. The smallest absolute Gasteiger partial charge is 0.322 e. The normalized spacial score (nSPS) is 13.2. The van der Waals surface area contributed by atoms with E-state index in [0.29, 0.717) is 5.56 Å². The fourth-order valence-corrected chi connectivity index (χ4v) is 3.53. The van der Waals surface area contributed by atoms with Gasteiger partial charge in [-0.2, -0.15) is 0 Å². The number of fused-ring (bicyclic) bond motifs is 1. The predicted molar refractivity (Wildman–Crippen MR) is 130 cm³/mol. The van der Waals surface area contributed by atoms with E-state index in [-0.39, 0.29) is 25.7 Å². The molecule has 14 heteroatoms. The summed E-state index contributed by atoms with van der Waals surface area (Å²) in [5.41, 5.74) is 12.2. The van der Waals surface area contributed by atoms with E-state index < -0.39 is 66.7 Å². The largest absolute Gasteiger partial charge is 0.481 e. The second-order valence-electron chi connectivity index (χ2n) is 8.34. The second kappa shape index (κ2) is 13.6. The summed E-state index contributed by atoms with van der Waals surface area (Å²) in [6.45, 7) is -0.688. The third-order valence-electron chi connectivity index (χ3n) is 5.46. The predicted octanol–water partition coefficient (Wildman–Crippen LogP) is -1.66. The van der Waals surface area contributed by atoms with Gasteiger partial charge in [0.25, 0.3) is 0 Å². The Kier molecular flexibility index (Phi) is 10.6. The fourth-order valence-electron chi connectivity index (χ4n) is 3.53. The number of aromatic nitrogens is 1. The van der Waals surface area contributed by atoms with Crippen LogP contribution in [0.15, 0.2) is 30.5 Å². The average Bonchev–Trinajstić information content (AvgIpc) is 3.25. The van der Waals surface area contributed by atoms with E-state index in [1.807, 2.05) is 12.1 Å². The van der Waals surface area contributed by atoms with Crippen molar-refractivity contribution < 1.29 is 39.0 Å². The highest BCUT2D eigenvalue weighted by Crippen LogP contribution is 2.19. The second-order valence-corrected chi connectivity index (χ2v) is 8.34. The van der Waals surface area contributed by atoms with Crippen LogP contribution in [0.4, 0.5) is 0 Å². The summed E-state index contributed by atoms with van der Waals surface area (Å²) in [5.74, 6) is -5.65. The third-order valence-corrected chi connectivity index (χ3v) is 5.46. The van der Waals surface area contributed by atoms with Crippen molar-refractivity contribution in [1.82, 2.24) is 20.9 Å². The molecule has 0 fully saturated rings. The number of aliphatic carboxylic acids is 2. The van der Waals surface area contributed by atoms with Crippen molar-refractivity contribution in [2.75, 3.05) is 6.54 Å². The van der Waals surface area contributed by atoms with Gasteiger partial charge in [-0.1, -0.05) is 18.2 Å². The van der Waals surface area contributed by atoms with Crippen molar-refractivity contribution >= 4 is 46.5 Å². The van der Waals surface area contributed by atoms with Crippen LogP contribution in [0.25, 0.3) is 10.9 Å². The zero-order valence-corrected chi connectivity index (χ0v) is 19.9. The van der Waals surface area contributed by atoms with Crippen molar-refractivity contribution in [2.24, 2.45) is 11.5 Å². The number of carboxylic acids is 2. The van der Waals surface area contributed by atoms with Crippen LogP contribution in [0.5, 0.6) is 0 Å². The number of carbonyl (C=O) groups is 6. The van der Waals surface area contributed by atoms with Gasteiger partial charge in [-0.05, 0) is 24.5 Å². The highest BCUT2D eigenvalue weighted by atomic mass is 16.4. The molecule has 4 amide bonds. The molecule has 0 aliphatic heterocycles. The van der Waals surface area contributed by atoms with Crippen molar-refractivity contribution in [2.45, 2.75) is 50.2 Å². The molecule has 14 nitrogen and oxygen atoms in total. The number of nitrogens with one attached hydrogen (secondary N) is 4. The first-order valence-corrected chi connectivity index (χ1v) is 11.4. The van der Waals surface area contributed by atoms with Crippen molar-refractivity contribution in [3.63, 3.8) is 0 Å². The molecular formula is C23H30N6O8. The van der Waals surface area contributed by atoms with Crippen LogP contribution >= 0.6 is 0 Å². The molecule has 1 heterocycles. The monoisotopic (exact) mass is 518 g/mol. The Bertz CT molecular complexity index is 1160. The molecule has 1 aromatic heterocycles. The van der Waals surface area contributed by atoms with Crippen LogP contribution in [-0.4, -0.2) is 75.4 Å². The van der Waals surface area contributed by atoms with Crippen LogP contribution in [0.1, 0.15) is 31.2 Å². The SMILES string of the molecule is NC(=O)CCC(N)C(=O)NC(CCC(=O)O)C(=O)NC(Cc1c[nH]c2ccccc12)C(=O)NCC(=O)O. The summed E-state index contributed by atoms with van der Waals surface area (Å²) < 4.78 is 0. The zero-order valence-electron chi connectivity index (χ0n) is 19.9. The summed E-state index contributed by atoms with van der Waals surface area (Å²) in [5, 5.41) is 25.8. The first kappa shape index (κ1) is 28.8. The van der Waals surface area contributed by atoms with Gasteiger partial charge in [0.2, 0.25) is 23.6 Å². The first-order valence-electron chi connectivity index (χ1n) is 11.4. The molecule has 2 rings (SSSR count). The Labute approximate surface area is 211 Å². The Morgan fingerprint density at radius 3 is 2.19 bits per heavy atom. The molecule has 1 aromatic carbocycles. The summed E-state index contributed by atoms with van der Waals surface area (Å²) in [6, 6.07) is 3.41. The van der Waals surface area contributed by atoms with Gasteiger partial charge in [-0.25, -0.2) is 0 Å². The van der Waals surface area contributed by atoms with Gasteiger partial charge >= 0.3 is 11.9 Å². The zero-order chi connectivity index (χ0) is 27.5. The van der Waals surface area contributed by atoms with Crippen LogP contribution in [0.3, 0.4) is 0 Å². The molecule has 0 aliphatic carbocycles. The molecule has 0 radical (unpaired) electrons. The third kappa shape index (κ3) is 9.25. The standard InChI is InChI=1S/C23H30N6O8/c24-14(5-7-18(25)30)21(35)28-16(6-8-19(31)32)23(37)29-17(22(36)27-11-20(33)34)9-12-10-26-15-4-2-1-3-13(12)15/h1-4,10,14,16-17,26H,5-9,11,24H2,(H2,25,30)(H,27,36)(H,28,35)(H,29,37)(H,31,32)(H,33,34). The van der Waals surface area contributed by atoms with E-state index in [2.05, 4.69) is 20.9 Å². The lowest BCUT2D eigenvalue weighted by Crippen LogP contribution is -2.56. The number of H-pyrrole nitrogens is 1. The van der Waals surface area contributed by atoms with Crippen molar-refractivity contribution in [3.8, 4) is 0 Å². The number of rotatable bonds is 15. The minimum atomic E-state index is -1.37. The average molecular weight is 519 g/mol. The lowest BCUT2D eigenvalue weighted by atomic mass is 10.0. The maximum absolute atomic E-state index is 13.1. The molecule has 10 N–H and O–H groups in total. The Hall–Kier alpha value is -4.46. The maximum Gasteiger partial charge on any atom is 0.322 e. The number of hydrogen-bond donors (Lipinski definition) is 8. The summed E-state index contributed by atoms with van der Waals surface area (Å²) in [6.07, 6.45) is 0.570. The Balaban J connectivity index is 2.22. The van der Waals surface area contributed by atoms with E-state index in [9.17, 15) is 28.8 Å². The number of carbonyl (C=O) groups excluding carboxylic acids is 4. The fraction of sp³-hybridized carbons (Fsp3) is 0.391. The van der Waals surface area contributed by atoms with E-state index >= 15 is 0 Å². The van der Waals surface area contributed by atoms with Gasteiger partial charge < -0.3 is 42.6 Å². The number of para-hydroxylation sites is 1. The molecule has 0 saturated carbocycles. The molecular weight excluding hydrogens is 488 g/mol. The van der Waals surface area contributed by atoms with E-state index in [1.54, 1.807) is 18.3 Å². The summed E-state index contributed by atoms with van der Waals surface area (Å²) >= 11 is 0. The van der Waals surface area contributed by atoms with Crippen LogP contribution in [-0.2, 0) is 35.2 Å².